The van der Waals surface area contributed by atoms with Crippen LogP contribution in [0.2, 0.25) is 5.02 Å². The summed E-state index contributed by atoms with van der Waals surface area (Å²) in [4.78, 5) is 24.5. The third-order valence-corrected chi connectivity index (χ3v) is 3.85. The average Bonchev–Trinajstić information content (AvgIpc) is 3.18. The molecule has 10 heteroatoms. The highest BCUT2D eigenvalue weighted by atomic mass is 35.5. The molecule has 0 saturated heterocycles. The lowest BCUT2D eigenvalue weighted by atomic mass is 10.2. The average molecular weight is 390 g/mol. The second-order valence-corrected chi connectivity index (χ2v) is 5.87. The Kier molecular flexibility index (Phi) is 5.41. The summed E-state index contributed by atoms with van der Waals surface area (Å²) in [6.07, 6.45) is 0.280. The molecule has 1 amide bonds. The largest absolute Gasteiger partial charge is 0.449 e. The van der Waals surface area contributed by atoms with Gasteiger partial charge in [-0.25, -0.2) is 13.9 Å². The highest BCUT2D eigenvalue weighted by Gasteiger charge is 2.20. The van der Waals surface area contributed by atoms with Crippen molar-refractivity contribution in [1.82, 2.24) is 20.2 Å². The van der Waals surface area contributed by atoms with E-state index < -0.39 is 23.8 Å². The summed E-state index contributed by atoms with van der Waals surface area (Å²) < 4.78 is 19.6. The van der Waals surface area contributed by atoms with Gasteiger partial charge < -0.3 is 10.1 Å². The molecule has 0 bridgehead atoms. The van der Waals surface area contributed by atoms with Crippen molar-refractivity contribution >= 4 is 29.2 Å². The third-order valence-electron chi connectivity index (χ3n) is 3.54. The van der Waals surface area contributed by atoms with Crippen LogP contribution in [0.15, 0.2) is 48.8 Å². The highest BCUT2D eigenvalue weighted by Crippen LogP contribution is 2.22. The topological polar surface area (TPSA) is 99.0 Å². The second kappa shape index (κ2) is 7.92. The van der Waals surface area contributed by atoms with Crippen LogP contribution in [0.1, 0.15) is 17.3 Å². The van der Waals surface area contributed by atoms with Crippen LogP contribution in [0.3, 0.4) is 0 Å². The summed E-state index contributed by atoms with van der Waals surface area (Å²) >= 11 is 5.87. The Morgan fingerprint density at radius 2 is 2.07 bits per heavy atom. The Morgan fingerprint density at radius 1 is 1.26 bits per heavy atom. The van der Waals surface area contributed by atoms with E-state index in [0.29, 0.717) is 5.69 Å². The molecule has 8 nitrogen and oxygen atoms in total. The van der Waals surface area contributed by atoms with Gasteiger partial charge in [-0.3, -0.25) is 4.79 Å². The van der Waals surface area contributed by atoms with Crippen molar-refractivity contribution in [2.45, 2.75) is 13.0 Å². The number of aromatic nitrogens is 4. The van der Waals surface area contributed by atoms with Crippen molar-refractivity contribution in [3.05, 3.63) is 65.2 Å². The van der Waals surface area contributed by atoms with Crippen LogP contribution in [0.5, 0.6) is 0 Å². The Labute approximate surface area is 157 Å². The van der Waals surface area contributed by atoms with Crippen molar-refractivity contribution in [3.8, 4) is 5.69 Å². The molecule has 3 aromatic rings. The number of carbonyl (C=O) groups is 2. The van der Waals surface area contributed by atoms with Crippen molar-refractivity contribution in [2.75, 3.05) is 5.32 Å². The molecule has 1 atom stereocenters. The smallest absolute Gasteiger partial charge is 0.338 e. The number of hydrogen-bond donors (Lipinski definition) is 1. The van der Waals surface area contributed by atoms with E-state index in [9.17, 15) is 14.0 Å². The maximum absolute atomic E-state index is 13.1. The van der Waals surface area contributed by atoms with Gasteiger partial charge in [-0.15, -0.1) is 5.10 Å². The monoisotopic (exact) mass is 389 g/mol. The minimum absolute atomic E-state index is 0.0380. The number of hydrogen-bond acceptors (Lipinski definition) is 6. The summed E-state index contributed by atoms with van der Waals surface area (Å²) in [6, 6.07) is 9.95. The highest BCUT2D eigenvalue weighted by molar-refractivity contribution is 6.33. The maximum Gasteiger partial charge on any atom is 0.338 e. The summed E-state index contributed by atoms with van der Waals surface area (Å²) in [6.45, 7) is 1.41. The molecule has 0 saturated carbocycles. The Morgan fingerprint density at radius 3 is 2.78 bits per heavy atom. The molecule has 0 aliphatic rings. The van der Waals surface area contributed by atoms with Crippen LogP contribution in [0.4, 0.5) is 10.1 Å². The van der Waals surface area contributed by atoms with Gasteiger partial charge in [0.1, 0.15) is 12.1 Å². The molecular formula is C17H13ClFN5O3. The van der Waals surface area contributed by atoms with Crippen LogP contribution in [0, 0.1) is 5.82 Å². The molecule has 0 unspecified atom stereocenters. The molecule has 0 aliphatic carbocycles. The lowest BCUT2D eigenvalue weighted by Crippen LogP contribution is -2.30. The molecule has 0 fully saturated rings. The number of anilines is 1. The van der Waals surface area contributed by atoms with Crippen LogP contribution >= 0.6 is 11.6 Å². The van der Waals surface area contributed by atoms with Crippen LogP contribution < -0.4 is 5.32 Å². The van der Waals surface area contributed by atoms with Crippen molar-refractivity contribution in [2.24, 2.45) is 0 Å². The number of ether oxygens (including phenoxy) is 1. The predicted molar refractivity (Wildman–Crippen MR) is 94.1 cm³/mol. The molecular weight excluding hydrogens is 377 g/mol. The van der Waals surface area contributed by atoms with Crippen LogP contribution in [-0.2, 0) is 9.53 Å². The van der Waals surface area contributed by atoms with Crippen LogP contribution in [-0.4, -0.2) is 38.2 Å². The standard InChI is InChI=1S/C17H13ClFN5O3/c1-10(16(25)21-15-6-5-12(19)8-14(15)18)27-17(26)11-3-2-4-13(7-11)24-9-20-22-23-24/h2-10H,1H3,(H,21,25)/t10-/m1/s1. The molecule has 1 heterocycles. The molecule has 0 aliphatic heterocycles. The van der Waals surface area contributed by atoms with Gasteiger partial charge in [-0.2, -0.15) is 0 Å². The Balaban J connectivity index is 1.66. The number of rotatable bonds is 5. The van der Waals surface area contributed by atoms with E-state index in [-0.39, 0.29) is 16.3 Å². The zero-order valence-electron chi connectivity index (χ0n) is 14.0. The summed E-state index contributed by atoms with van der Waals surface area (Å²) in [5, 5.41) is 13.3. The van der Waals surface area contributed by atoms with E-state index in [1.54, 1.807) is 12.1 Å². The molecule has 0 radical (unpaired) electrons. The first-order chi connectivity index (χ1) is 12.9. The fourth-order valence-corrected chi connectivity index (χ4v) is 2.38. The molecule has 3 rings (SSSR count). The second-order valence-electron chi connectivity index (χ2n) is 5.47. The molecule has 138 valence electrons. The van der Waals surface area contributed by atoms with E-state index in [0.717, 1.165) is 12.1 Å². The number of nitrogens with zero attached hydrogens (tertiary/aromatic N) is 4. The Hall–Kier alpha value is -3.33. The van der Waals surface area contributed by atoms with E-state index in [2.05, 4.69) is 20.8 Å². The van der Waals surface area contributed by atoms with Gasteiger partial charge in [-0.1, -0.05) is 17.7 Å². The van der Waals surface area contributed by atoms with Gasteiger partial charge in [0.05, 0.1) is 22.0 Å². The fraction of sp³-hybridized carbons (Fsp3) is 0.118. The lowest BCUT2D eigenvalue weighted by molar-refractivity contribution is -0.123. The summed E-state index contributed by atoms with van der Waals surface area (Å²) in [5.41, 5.74) is 0.999. The molecule has 2 aromatic carbocycles. The molecule has 1 N–H and O–H groups in total. The lowest BCUT2D eigenvalue weighted by Gasteiger charge is -2.14. The predicted octanol–water partition coefficient (Wildman–Crippen LogP) is 2.64. The number of benzene rings is 2. The molecule has 1 aromatic heterocycles. The number of esters is 1. The van der Waals surface area contributed by atoms with E-state index in [1.807, 2.05) is 0 Å². The number of nitrogens with one attached hydrogen (secondary N) is 1. The normalized spacial score (nSPS) is 11.7. The minimum atomic E-state index is -1.10. The van der Waals surface area contributed by atoms with Gasteiger partial charge in [0, 0.05) is 0 Å². The third kappa shape index (κ3) is 4.45. The number of carbonyl (C=O) groups excluding carboxylic acids is 2. The summed E-state index contributed by atoms with van der Waals surface area (Å²) in [5.74, 6) is -1.83. The quantitative estimate of drug-likeness (QED) is 0.673. The van der Waals surface area contributed by atoms with Gasteiger partial charge in [-0.05, 0) is 53.7 Å². The zero-order chi connectivity index (χ0) is 19.4. The number of halogens is 2. The van der Waals surface area contributed by atoms with Crippen molar-refractivity contribution in [1.29, 1.82) is 0 Å². The maximum atomic E-state index is 13.1. The fourth-order valence-electron chi connectivity index (χ4n) is 2.16. The SMILES string of the molecule is C[C@@H](OC(=O)c1cccc(-n2cnnn2)c1)C(=O)Nc1ccc(F)cc1Cl. The van der Waals surface area contributed by atoms with E-state index in [1.165, 1.54) is 36.1 Å². The van der Waals surface area contributed by atoms with Crippen molar-refractivity contribution < 1.29 is 18.7 Å². The van der Waals surface area contributed by atoms with E-state index in [4.69, 9.17) is 16.3 Å². The first-order valence-electron chi connectivity index (χ1n) is 7.74. The van der Waals surface area contributed by atoms with Gasteiger partial charge in [0.2, 0.25) is 0 Å². The van der Waals surface area contributed by atoms with Crippen LogP contribution in [0.25, 0.3) is 5.69 Å². The van der Waals surface area contributed by atoms with Crippen molar-refractivity contribution in [3.63, 3.8) is 0 Å². The number of amides is 1. The first kappa shape index (κ1) is 18.5. The minimum Gasteiger partial charge on any atom is -0.449 e. The van der Waals surface area contributed by atoms with Gasteiger partial charge >= 0.3 is 5.97 Å². The molecule has 0 spiro atoms. The Bertz CT molecular complexity index is 980. The van der Waals surface area contributed by atoms with E-state index >= 15 is 0 Å². The summed E-state index contributed by atoms with van der Waals surface area (Å²) in [7, 11) is 0. The first-order valence-corrected chi connectivity index (χ1v) is 8.12. The zero-order valence-corrected chi connectivity index (χ0v) is 14.7. The number of tetrazole rings is 1. The van der Waals surface area contributed by atoms with Gasteiger partial charge in [0.15, 0.2) is 6.10 Å². The molecule has 27 heavy (non-hydrogen) atoms. The van der Waals surface area contributed by atoms with Gasteiger partial charge in [0.25, 0.3) is 5.91 Å².